The van der Waals surface area contributed by atoms with E-state index in [9.17, 15) is 49.1 Å². The van der Waals surface area contributed by atoms with Crippen molar-refractivity contribution < 1.29 is 58.6 Å². The van der Waals surface area contributed by atoms with Crippen molar-refractivity contribution in [3.8, 4) is 11.5 Å². The van der Waals surface area contributed by atoms with E-state index in [1.54, 1.807) is 44.2 Å². The molecule has 0 unspecified atom stereocenters. The molecule has 0 aromatic heterocycles. The van der Waals surface area contributed by atoms with E-state index in [0.29, 0.717) is 66.7 Å². The molecule has 23 heteroatoms. The molecule has 434 valence electrons. The van der Waals surface area contributed by atoms with E-state index < -0.39 is 57.1 Å². The Hall–Kier alpha value is -6.42. The number of hydrogen-bond donors (Lipinski definition) is 4. The fraction of sp³-hybridized carbons (Fsp3) is 0.333. The van der Waals surface area contributed by atoms with E-state index in [2.05, 4.69) is 21.3 Å². The van der Waals surface area contributed by atoms with Gasteiger partial charge >= 0.3 is 18.5 Å². The first-order chi connectivity index (χ1) is 37.4. The van der Waals surface area contributed by atoms with Gasteiger partial charge in [-0.3, -0.25) is 9.59 Å². The molecule has 2 amide bonds. The maximum atomic E-state index is 13.0. The van der Waals surface area contributed by atoms with Crippen LogP contribution < -0.4 is 30.7 Å². The third-order valence-electron chi connectivity index (χ3n) is 11.6. The molecule has 80 heavy (non-hydrogen) atoms. The third kappa shape index (κ3) is 20.6. The topological polar surface area (TPSA) is 110 Å². The van der Waals surface area contributed by atoms with E-state index in [1.807, 2.05) is 88.2 Å². The van der Waals surface area contributed by atoms with Crippen molar-refractivity contribution in [1.29, 1.82) is 0 Å². The zero-order chi connectivity index (χ0) is 59.7. The lowest BCUT2D eigenvalue weighted by atomic mass is 10.1. The molecule has 11 nitrogen and oxygen atoms in total. The molecular weight excluding hydrogens is 1120 g/mol. The first-order valence-electron chi connectivity index (χ1n) is 24.6. The summed E-state index contributed by atoms with van der Waals surface area (Å²) in [5.41, 5.74) is 2.11. The van der Waals surface area contributed by atoms with Gasteiger partial charge in [0.2, 0.25) is 0 Å². The molecule has 0 aliphatic rings. The normalized spacial score (nSPS) is 11.6. The molecule has 6 rings (SSSR count). The number of amides is 2. The highest BCUT2D eigenvalue weighted by atomic mass is 35.5. The Morgan fingerprint density at radius 1 is 0.475 bits per heavy atom. The van der Waals surface area contributed by atoms with E-state index in [1.165, 1.54) is 24.3 Å². The fourth-order valence-electron chi connectivity index (χ4n) is 7.37. The van der Waals surface area contributed by atoms with Crippen LogP contribution in [0.5, 0.6) is 11.5 Å². The van der Waals surface area contributed by atoms with Crippen molar-refractivity contribution >= 4 is 69.4 Å². The second kappa shape index (κ2) is 29.9. The summed E-state index contributed by atoms with van der Waals surface area (Å²) in [6.45, 7) is 9.51. The SMILES string of the molecule is Cc1cccc(NCCN(C)C)c1C(=O)Nc1ccc(Cl)c(C(F)(F)F)c1.Cc1cccc(OCCN(C)C)c1C(=O)Nc1ccc(Cl)c(C(F)(F)F)c1.Cc1cccc(OCCN(C)C)c1CNc1ccc(Cl)c(C(F)(F)F)c1. The molecule has 0 radical (unpaired) electrons. The first kappa shape index (κ1) is 66.1. The van der Waals surface area contributed by atoms with Crippen LogP contribution in [0.15, 0.2) is 109 Å². The summed E-state index contributed by atoms with van der Waals surface area (Å²) in [6.07, 6.45) is -13.7. The van der Waals surface area contributed by atoms with Crippen LogP contribution >= 0.6 is 34.8 Å². The number of nitrogens with one attached hydrogen (secondary N) is 4. The van der Waals surface area contributed by atoms with Gasteiger partial charge < -0.3 is 45.4 Å². The lowest BCUT2D eigenvalue weighted by Crippen LogP contribution is -2.23. The van der Waals surface area contributed by atoms with Crippen molar-refractivity contribution in [3.63, 3.8) is 0 Å². The van der Waals surface area contributed by atoms with Crippen LogP contribution in [0.4, 0.5) is 62.3 Å². The number of anilines is 4. The predicted octanol–water partition coefficient (Wildman–Crippen LogP) is 15.0. The van der Waals surface area contributed by atoms with Gasteiger partial charge in [0.15, 0.2) is 0 Å². The summed E-state index contributed by atoms with van der Waals surface area (Å²) in [4.78, 5) is 31.3. The molecule has 6 aromatic carbocycles. The minimum absolute atomic E-state index is 0.000723. The summed E-state index contributed by atoms with van der Waals surface area (Å²) in [6, 6.07) is 26.5. The summed E-state index contributed by atoms with van der Waals surface area (Å²) >= 11 is 16.9. The van der Waals surface area contributed by atoms with Crippen LogP contribution in [0.3, 0.4) is 0 Å². The van der Waals surface area contributed by atoms with Crippen LogP contribution in [0, 0.1) is 20.8 Å². The minimum Gasteiger partial charge on any atom is -0.492 e. The highest BCUT2D eigenvalue weighted by molar-refractivity contribution is 6.32. The van der Waals surface area contributed by atoms with Gasteiger partial charge in [-0.25, -0.2) is 0 Å². The van der Waals surface area contributed by atoms with Crippen LogP contribution in [0.25, 0.3) is 0 Å². The molecule has 0 spiro atoms. The standard InChI is InChI=1S/C19H21ClF3N3O.C19H20ClF3N2O2.C19H22ClF3N2O/c1-12-5-4-6-16(24-9-10-26(2)3)17(12)18(27)25-13-7-8-15(20)14(11-13)19(21,22)23;1-12-5-4-6-16(27-10-9-25(2)3)17(12)18(26)24-13-7-8-15(20)14(11-13)19(21,22)23;1-13-5-4-6-18(26-10-9-25(2)3)15(13)12-24-14-7-8-17(20)16(11-14)19(21,22)23/h4-8,11,24H,9-10H2,1-3H3,(H,25,27);4-8,11H,9-10H2,1-3H3,(H,24,26);4-8,11,24H,9-10,12H2,1-3H3. The number of rotatable bonds is 19. The van der Waals surface area contributed by atoms with Crippen molar-refractivity contribution in [1.82, 2.24) is 14.7 Å². The van der Waals surface area contributed by atoms with Gasteiger partial charge in [0, 0.05) is 61.0 Å². The Bertz CT molecular complexity index is 2890. The third-order valence-corrected chi connectivity index (χ3v) is 12.6. The summed E-state index contributed by atoms with van der Waals surface area (Å²) < 4.78 is 129. The Kier molecular flexibility index (Phi) is 24.7. The van der Waals surface area contributed by atoms with Crippen LogP contribution in [0.2, 0.25) is 15.1 Å². The molecule has 0 saturated carbocycles. The number of likely N-dealkylation sites (N-methyl/N-ethyl adjacent to an activating group) is 3. The largest absolute Gasteiger partial charge is 0.492 e. The van der Waals surface area contributed by atoms with E-state index in [0.717, 1.165) is 60.3 Å². The van der Waals surface area contributed by atoms with Gasteiger partial charge in [0.05, 0.1) is 42.9 Å². The van der Waals surface area contributed by atoms with Crippen molar-refractivity contribution in [3.05, 3.63) is 174 Å². The Balaban J connectivity index is 0.000000258. The number of alkyl halides is 9. The van der Waals surface area contributed by atoms with Gasteiger partial charge in [-0.15, -0.1) is 0 Å². The smallest absolute Gasteiger partial charge is 0.417 e. The maximum Gasteiger partial charge on any atom is 0.417 e. The molecule has 0 bridgehead atoms. The molecule has 0 atom stereocenters. The van der Waals surface area contributed by atoms with Gasteiger partial charge in [0.1, 0.15) is 24.7 Å². The molecule has 0 heterocycles. The Labute approximate surface area is 475 Å². The van der Waals surface area contributed by atoms with Crippen LogP contribution in [0.1, 0.15) is 59.7 Å². The molecule has 0 fully saturated rings. The maximum absolute atomic E-state index is 13.0. The molecule has 6 aromatic rings. The lowest BCUT2D eigenvalue weighted by Gasteiger charge is -2.17. The zero-order valence-corrected chi connectivity index (χ0v) is 47.6. The number of ether oxygens (including phenoxy) is 2. The molecular formula is C57H63Cl3F9N7O4. The molecule has 0 aliphatic carbocycles. The molecule has 0 aliphatic heterocycles. The highest BCUT2D eigenvalue weighted by Gasteiger charge is 2.35. The second-order valence-electron chi connectivity index (χ2n) is 18.9. The van der Waals surface area contributed by atoms with Gasteiger partial charge in [0.25, 0.3) is 11.8 Å². The monoisotopic (exact) mass is 1190 g/mol. The fourth-order valence-corrected chi connectivity index (χ4v) is 8.04. The summed E-state index contributed by atoms with van der Waals surface area (Å²) in [7, 11) is 11.6. The zero-order valence-electron chi connectivity index (χ0n) is 45.4. The van der Waals surface area contributed by atoms with Crippen LogP contribution in [-0.4, -0.2) is 108 Å². The van der Waals surface area contributed by atoms with E-state index >= 15 is 0 Å². The Morgan fingerprint density at radius 3 is 1.32 bits per heavy atom. The van der Waals surface area contributed by atoms with Gasteiger partial charge in [-0.1, -0.05) is 71.2 Å². The quantitative estimate of drug-likeness (QED) is 0.0590. The van der Waals surface area contributed by atoms with Crippen LogP contribution in [-0.2, 0) is 25.1 Å². The first-order valence-corrected chi connectivity index (χ1v) is 25.7. The number of benzene rings is 6. The molecule has 0 saturated heterocycles. The summed E-state index contributed by atoms with van der Waals surface area (Å²) in [5.74, 6) is 0.0583. The number of nitrogens with zero attached hydrogens (tertiary/aromatic N) is 3. The number of halogens is 12. The molecule has 4 N–H and O–H groups in total. The predicted molar refractivity (Wildman–Crippen MR) is 301 cm³/mol. The average Bonchev–Trinajstić information content (AvgIpc) is 3.35. The Morgan fingerprint density at radius 2 is 0.863 bits per heavy atom. The number of carbonyl (C=O) groups excluding carboxylic acids is 2. The lowest BCUT2D eigenvalue weighted by molar-refractivity contribution is -0.138. The van der Waals surface area contributed by atoms with E-state index in [4.69, 9.17) is 44.3 Å². The van der Waals surface area contributed by atoms with Crippen molar-refractivity contribution in [2.75, 3.05) is 103 Å². The summed E-state index contributed by atoms with van der Waals surface area (Å²) in [5, 5.41) is 10.1. The van der Waals surface area contributed by atoms with Gasteiger partial charge in [-0.05, 0) is 153 Å². The van der Waals surface area contributed by atoms with Gasteiger partial charge in [-0.2, -0.15) is 39.5 Å². The number of hydrogen-bond acceptors (Lipinski definition) is 9. The van der Waals surface area contributed by atoms with Crippen molar-refractivity contribution in [2.24, 2.45) is 0 Å². The number of carbonyl (C=O) groups is 2. The average molecular weight is 1190 g/mol. The second-order valence-corrected chi connectivity index (χ2v) is 20.1. The minimum atomic E-state index is -4.61. The number of aryl methyl sites for hydroxylation is 3. The van der Waals surface area contributed by atoms with Crippen molar-refractivity contribution in [2.45, 2.75) is 45.8 Å². The highest BCUT2D eigenvalue weighted by Crippen LogP contribution is 2.39. The van der Waals surface area contributed by atoms with E-state index in [-0.39, 0.29) is 22.0 Å².